The molecule has 3 aromatic heterocycles. The molecule has 0 unspecified atom stereocenters. The molecule has 0 saturated heterocycles. The van der Waals surface area contributed by atoms with Crippen LogP contribution in [0.5, 0.6) is 0 Å². The summed E-state index contributed by atoms with van der Waals surface area (Å²) < 4.78 is 0. The van der Waals surface area contributed by atoms with Crippen molar-refractivity contribution in [3.63, 3.8) is 0 Å². The number of carbonyl (C=O) groups excluding carboxylic acids is 2. The van der Waals surface area contributed by atoms with Crippen LogP contribution in [-0.4, -0.2) is 23.3 Å². The lowest BCUT2D eigenvalue weighted by molar-refractivity contribution is 0.0652. The number of nitrogens with zero attached hydrogens (tertiary/aromatic N) is 1. The van der Waals surface area contributed by atoms with Gasteiger partial charge in [0, 0.05) is 16.3 Å². The van der Waals surface area contributed by atoms with E-state index in [1.165, 1.54) is 69.1 Å². The molecule has 0 radical (unpaired) electrons. The van der Waals surface area contributed by atoms with Gasteiger partial charge in [-0.15, -0.1) is 34.0 Å². The fraction of sp³-hybridized carbons (Fsp3) is 0.500. The Morgan fingerprint density at radius 1 is 0.647 bits per heavy atom. The van der Waals surface area contributed by atoms with Crippen molar-refractivity contribution in [3.8, 4) is 19.5 Å². The molecule has 4 rings (SSSR count). The summed E-state index contributed by atoms with van der Waals surface area (Å²) in [5.41, 5.74) is 1.25. The lowest BCUT2D eigenvalue weighted by atomic mass is 10.1. The number of thiophene rings is 3. The molecule has 0 bridgehead atoms. The van der Waals surface area contributed by atoms with E-state index in [2.05, 4.69) is 6.92 Å². The van der Waals surface area contributed by atoms with Crippen molar-refractivity contribution in [1.82, 2.24) is 4.90 Å². The van der Waals surface area contributed by atoms with Crippen LogP contribution in [0.25, 0.3) is 19.5 Å². The van der Waals surface area contributed by atoms with Crippen LogP contribution in [0, 0.1) is 0 Å². The van der Waals surface area contributed by atoms with Crippen LogP contribution in [0.15, 0.2) is 35.0 Å². The number of amides is 2. The highest BCUT2D eigenvalue weighted by Crippen LogP contribution is 2.48. The van der Waals surface area contributed by atoms with Gasteiger partial charge >= 0.3 is 0 Å². The summed E-state index contributed by atoms with van der Waals surface area (Å²) in [4.78, 5) is 32.2. The van der Waals surface area contributed by atoms with Gasteiger partial charge in [-0.25, -0.2) is 0 Å². The van der Waals surface area contributed by atoms with Crippen molar-refractivity contribution in [2.24, 2.45) is 0 Å². The van der Waals surface area contributed by atoms with Crippen LogP contribution in [0.2, 0.25) is 0 Å². The van der Waals surface area contributed by atoms with Crippen molar-refractivity contribution in [1.29, 1.82) is 0 Å². The van der Waals surface area contributed by atoms with Crippen molar-refractivity contribution >= 4 is 45.8 Å². The minimum Gasteiger partial charge on any atom is -0.274 e. The number of hydrogen-bond acceptors (Lipinski definition) is 5. The van der Waals surface area contributed by atoms with E-state index >= 15 is 0 Å². The predicted molar refractivity (Wildman–Crippen MR) is 147 cm³/mol. The Labute approximate surface area is 215 Å². The van der Waals surface area contributed by atoms with Gasteiger partial charge in [-0.2, -0.15) is 0 Å². The van der Waals surface area contributed by atoms with Gasteiger partial charge < -0.3 is 0 Å². The summed E-state index contributed by atoms with van der Waals surface area (Å²) in [6.45, 7) is 2.79. The molecule has 1 aliphatic heterocycles. The second kappa shape index (κ2) is 12.8. The van der Waals surface area contributed by atoms with E-state index in [1.54, 1.807) is 34.0 Å². The van der Waals surface area contributed by atoms with Gasteiger partial charge in [-0.1, -0.05) is 89.7 Å². The van der Waals surface area contributed by atoms with E-state index in [1.807, 2.05) is 35.0 Å². The van der Waals surface area contributed by atoms with E-state index in [-0.39, 0.29) is 11.8 Å². The standard InChI is InChI=1S/C28H35NO2S3/c1-2-3-4-5-6-7-8-9-10-11-12-13-18-29-27(30)23-24(28(29)31)26(22-17-15-20-33-22)34-25(23)21-16-14-19-32-21/h14-17,19-20H,2-13,18H2,1H3. The third kappa shape index (κ3) is 5.89. The first-order chi connectivity index (χ1) is 16.7. The number of unbranched alkanes of at least 4 members (excludes halogenated alkanes) is 11. The maximum absolute atomic E-state index is 13.4. The molecular formula is C28H35NO2S3. The summed E-state index contributed by atoms with van der Waals surface area (Å²) in [6, 6.07) is 8.09. The second-order valence-electron chi connectivity index (χ2n) is 9.12. The van der Waals surface area contributed by atoms with Crippen LogP contribution in [0.1, 0.15) is 105 Å². The van der Waals surface area contributed by atoms with E-state index in [9.17, 15) is 9.59 Å². The number of rotatable bonds is 15. The van der Waals surface area contributed by atoms with Gasteiger partial charge in [-0.3, -0.25) is 14.5 Å². The largest absolute Gasteiger partial charge is 0.274 e. The SMILES string of the molecule is CCCCCCCCCCCCCCN1C(=O)c2c(-c3cccs3)sc(-c3cccs3)c2C1=O. The zero-order valence-corrected chi connectivity index (χ0v) is 22.6. The normalized spacial score (nSPS) is 13.3. The van der Waals surface area contributed by atoms with Gasteiger partial charge in [0.2, 0.25) is 0 Å². The third-order valence-corrected chi connectivity index (χ3v) is 9.84. The minimum absolute atomic E-state index is 0.106. The predicted octanol–water partition coefficient (Wildman–Crippen LogP) is 9.50. The molecule has 0 spiro atoms. The maximum Gasteiger partial charge on any atom is 0.263 e. The van der Waals surface area contributed by atoms with Gasteiger partial charge in [0.15, 0.2) is 0 Å². The maximum atomic E-state index is 13.4. The zero-order valence-electron chi connectivity index (χ0n) is 20.1. The molecule has 0 atom stereocenters. The Kier molecular flexibility index (Phi) is 9.54. The summed E-state index contributed by atoms with van der Waals surface area (Å²) >= 11 is 4.84. The Balaban J connectivity index is 1.28. The highest BCUT2D eigenvalue weighted by Gasteiger charge is 2.42. The second-order valence-corrected chi connectivity index (χ2v) is 12.0. The van der Waals surface area contributed by atoms with E-state index in [0.717, 1.165) is 32.4 Å². The number of carbonyl (C=O) groups is 2. The van der Waals surface area contributed by atoms with Crippen LogP contribution in [0.3, 0.4) is 0 Å². The highest BCUT2D eigenvalue weighted by atomic mass is 32.1. The number of hydrogen-bond donors (Lipinski definition) is 0. The highest BCUT2D eigenvalue weighted by molar-refractivity contribution is 7.26. The van der Waals surface area contributed by atoms with Crippen molar-refractivity contribution in [2.75, 3.05) is 6.54 Å². The Morgan fingerprint density at radius 3 is 1.50 bits per heavy atom. The molecule has 182 valence electrons. The first-order valence-corrected chi connectivity index (χ1v) is 15.4. The van der Waals surface area contributed by atoms with E-state index in [0.29, 0.717) is 17.7 Å². The number of fused-ring (bicyclic) bond motifs is 1. The summed E-state index contributed by atoms with van der Waals surface area (Å²) in [5.74, 6) is -0.212. The van der Waals surface area contributed by atoms with Gasteiger partial charge in [0.05, 0.1) is 20.9 Å². The molecule has 34 heavy (non-hydrogen) atoms. The average Bonchev–Trinajstić information content (AvgIpc) is 3.63. The molecule has 0 N–H and O–H groups in total. The molecule has 0 aromatic carbocycles. The first-order valence-electron chi connectivity index (χ1n) is 12.8. The van der Waals surface area contributed by atoms with E-state index < -0.39 is 0 Å². The third-order valence-electron chi connectivity index (χ3n) is 6.55. The minimum atomic E-state index is -0.106. The van der Waals surface area contributed by atoms with Gasteiger partial charge in [0.25, 0.3) is 11.8 Å². The fourth-order valence-electron chi connectivity index (χ4n) is 4.68. The van der Waals surface area contributed by atoms with Crippen LogP contribution < -0.4 is 0 Å². The van der Waals surface area contributed by atoms with E-state index in [4.69, 9.17) is 0 Å². The smallest absolute Gasteiger partial charge is 0.263 e. The molecule has 0 saturated carbocycles. The Hall–Kier alpha value is -1.76. The van der Waals surface area contributed by atoms with Gasteiger partial charge in [-0.05, 0) is 29.3 Å². The van der Waals surface area contributed by atoms with Crippen molar-refractivity contribution in [2.45, 2.75) is 84.0 Å². The van der Waals surface area contributed by atoms with Gasteiger partial charge in [0.1, 0.15) is 0 Å². The topological polar surface area (TPSA) is 37.4 Å². The summed E-state index contributed by atoms with van der Waals surface area (Å²) in [5, 5.41) is 4.05. The molecule has 1 aliphatic rings. The van der Waals surface area contributed by atoms with Crippen LogP contribution in [-0.2, 0) is 0 Å². The molecule has 4 heterocycles. The average molecular weight is 514 g/mol. The molecule has 2 amide bonds. The molecular weight excluding hydrogens is 479 g/mol. The first kappa shape index (κ1) is 25.3. The molecule has 6 heteroatoms. The Morgan fingerprint density at radius 2 is 1.09 bits per heavy atom. The number of imide groups is 1. The summed E-state index contributed by atoms with van der Waals surface area (Å²) in [7, 11) is 0. The monoisotopic (exact) mass is 513 g/mol. The lowest BCUT2D eigenvalue weighted by Crippen LogP contribution is -2.31. The Bertz CT molecular complexity index is 981. The van der Waals surface area contributed by atoms with Crippen molar-refractivity contribution in [3.05, 3.63) is 46.2 Å². The molecule has 3 aromatic rings. The summed E-state index contributed by atoms with van der Waals surface area (Å²) in [6.07, 6.45) is 15.3. The quantitative estimate of drug-likeness (QED) is 0.150. The van der Waals surface area contributed by atoms with Crippen LogP contribution >= 0.6 is 34.0 Å². The molecule has 3 nitrogen and oxygen atoms in total. The van der Waals surface area contributed by atoms with Crippen molar-refractivity contribution < 1.29 is 9.59 Å². The molecule has 0 fully saturated rings. The fourth-order valence-corrected chi connectivity index (χ4v) is 7.68. The zero-order chi connectivity index (χ0) is 23.8. The van der Waals surface area contributed by atoms with Crippen LogP contribution in [0.4, 0.5) is 0 Å². The lowest BCUT2D eigenvalue weighted by Gasteiger charge is -2.14. The molecule has 0 aliphatic carbocycles.